The van der Waals surface area contributed by atoms with Crippen molar-refractivity contribution in [2.75, 3.05) is 13.2 Å². The highest BCUT2D eigenvalue weighted by Crippen LogP contribution is 2.20. The molecule has 1 heterocycles. The van der Waals surface area contributed by atoms with E-state index in [9.17, 15) is 4.79 Å². The zero-order valence-corrected chi connectivity index (χ0v) is 12.1. The maximum atomic E-state index is 11.9. The lowest BCUT2D eigenvalue weighted by Crippen LogP contribution is -2.43. The van der Waals surface area contributed by atoms with E-state index >= 15 is 0 Å². The highest BCUT2D eigenvalue weighted by atomic mass is 16.5. The predicted molar refractivity (Wildman–Crippen MR) is 76.1 cm³/mol. The molecule has 4 heteroatoms. The molecule has 0 aromatic heterocycles. The first kappa shape index (κ1) is 14.8. The summed E-state index contributed by atoms with van der Waals surface area (Å²) in [6.45, 7) is 4.14. The average Bonchev–Trinajstić information content (AvgIpc) is 2.90. The molecule has 2 N–H and O–H groups in total. The van der Waals surface area contributed by atoms with Crippen LogP contribution >= 0.6 is 0 Å². The summed E-state index contributed by atoms with van der Waals surface area (Å²) < 4.78 is 5.50. The molecular formula is C15H28N2O2. The maximum absolute atomic E-state index is 11.9. The van der Waals surface area contributed by atoms with Crippen LogP contribution in [0.4, 0.5) is 0 Å². The van der Waals surface area contributed by atoms with Crippen molar-refractivity contribution in [3.63, 3.8) is 0 Å². The Bertz CT molecular complexity index is 269. The van der Waals surface area contributed by atoms with E-state index in [0.717, 1.165) is 38.8 Å². The monoisotopic (exact) mass is 268 g/mol. The second-order valence-electron chi connectivity index (χ2n) is 5.91. The summed E-state index contributed by atoms with van der Waals surface area (Å²) in [4.78, 5) is 11.9. The van der Waals surface area contributed by atoms with Crippen LogP contribution in [0.15, 0.2) is 0 Å². The third-order valence-corrected chi connectivity index (χ3v) is 4.21. The molecule has 1 saturated heterocycles. The Morgan fingerprint density at radius 1 is 1.16 bits per heavy atom. The smallest absolute Gasteiger partial charge is 0.222 e. The molecule has 0 aromatic rings. The van der Waals surface area contributed by atoms with Gasteiger partial charge in [-0.05, 0) is 51.5 Å². The Balaban J connectivity index is 1.60. The standard InChI is InChI=1S/C15H28N2O2/c1-2-9-16-12-5-7-13(8-6-12)17-15(18)11-14-4-3-10-19-14/h12-14,16H,2-11H2,1H3,(H,17,18). The van der Waals surface area contributed by atoms with E-state index < -0.39 is 0 Å². The number of rotatable bonds is 6. The molecule has 1 unspecified atom stereocenters. The number of amides is 1. The molecule has 0 spiro atoms. The Labute approximate surface area is 116 Å². The predicted octanol–water partition coefficient (Wildman–Crippen LogP) is 1.98. The van der Waals surface area contributed by atoms with Gasteiger partial charge >= 0.3 is 0 Å². The minimum atomic E-state index is 0.169. The van der Waals surface area contributed by atoms with E-state index in [1.54, 1.807) is 0 Å². The fourth-order valence-electron chi connectivity index (χ4n) is 3.09. The summed E-state index contributed by atoms with van der Waals surface area (Å²) in [5.74, 6) is 0.178. The lowest BCUT2D eigenvalue weighted by atomic mass is 9.91. The summed E-state index contributed by atoms with van der Waals surface area (Å²) in [5, 5.41) is 6.75. The summed E-state index contributed by atoms with van der Waals surface area (Å²) in [7, 11) is 0. The quantitative estimate of drug-likeness (QED) is 0.774. The Kier molecular flexibility index (Phi) is 6.11. The minimum Gasteiger partial charge on any atom is -0.378 e. The van der Waals surface area contributed by atoms with E-state index in [0.29, 0.717) is 18.5 Å². The van der Waals surface area contributed by atoms with Crippen molar-refractivity contribution in [2.24, 2.45) is 0 Å². The van der Waals surface area contributed by atoms with Gasteiger partial charge in [0.1, 0.15) is 0 Å². The largest absolute Gasteiger partial charge is 0.378 e. The molecule has 0 bridgehead atoms. The van der Waals surface area contributed by atoms with Crippen molar-refractivity contribution in [3.05, 3.63) is 0 Å². The highest BCUT2D eigenvalue weighted by molar-refractivity contribution is 5.76. The molecule has 1 atom stereocenters. The third kappa shape index (κ3) is 5.11. The van der Waals surface area contributed by atoms with Gasteiger partial charge in [0.05, 0.1) is 12.5 Å². The van der Waals surface area contributed by atoms with Crippen LogP contribution in [0.25, 0.3) is 0 Å². The van der Waals surface area contributed by atoms with Gasteiger partial charge < -0.3 is 15.4 Å². The molecule has 110 valence electrons. The fourth-order valence-corrected chi connectivity index (χ4v) is 3.09. The van der Waals surface area contributed by atoms with Crippen molar-refractivity contribution < 1.29 is 9.53 Å². The van der Waals surface area contributed by atoms with Crippen molar-refractivity contribution in [1.29, 1.82) is 0 Å². The van der Waals surface area contributed by atoms with Crippen LogP contribution in [-0.4, -0.2) is 37.2 Å². The number of nitrogens with one attached hydrogen (secondary N) is 2. The number of ether oxygens (including phenoxy) is 1. The molecule has 0 radical (unpaired) electrons. The van der Waals surface area contributed by atoms with Gasteiger partial charge in [0.2, 0.25) is 5.91 Å². The van der Waals surface area contributed by atoms with Gasteiger partial charge in [0.25, 0.3) is 0 Å². The van der Waals surface area contributed by atoms with Crippen LogP contribution in [0.3, 0.4) is 0 Å². The van der Waals surface area contributed by atoms with Crippen molar-refractivity contribution in [3.8, 4) is 0 Å². The van der Waals surface area contributed by atoms with E-state index in [1.807, 2.05) is 0 Å². The van der Waals surface area contributed by atoms with Gasteiger partial charge in [-0.15, -0.1) is 0 Å². The topological polar surface area (TPSA) is 50.4 Å². The Morgan fingerprint density at radius 2 is 1.89 bits per heavy atom. The summed E-state index contributed by atoms with van der Waals surface area (Å²) in [6, 6.07) is 1.04. The van der Waals surface area contributed by atoms with Gasteiger partial charge in [-0.1, -0.05) is 6.92 Å². The number of carbonyl (C=O) groups excluding carboxylic acids is 1. The molecule has 4 nitrogen and oxygen atoms in total. The van der Waals surface area contributed by atoms with E-state index in [-0.39, 0.29) is 12.0 Å². The molecule has 2 rings (SSSR count). The molecule has 1 aliphatic heterocycles. The first-order chi connectivity index (χ1) is 9.28. The maximum Gasteiger partial charge on any atom is 0.222 e. The van der Waals surface area contributed by atoms with E-state index in [2.05, 4.69) is 17.6 Å². The minimum absolute atomic E-state index is 0.169. The average molecular weight is 268 g/mol. The van der Waals surface area contributed by atoms with Gasteiger partial charge in [-0.2, -0.15) is 0 Å². The normalized spacial score (nSPS) is 31.3. The number of hydrogen-bond acceptors (Lipinski definition) is 3. The Hall–Kier alpha value is -0.610. The fraction of sp³-hybridized carbons (Fsp3) is 0.933. The van der Waals surface area contributed by atoms with E-state index in [1.165, 1.54) is 19.3 Å². The van der Waals surface area contributed by atoms with Gasteiger partial charge in [-0.3, -0.25) is 4.79 Å². The van der Waals surface area contributed by atoms with Crippen molar-refractivity contribution in [1.82, 2.24) is 10.6 Å². The van der Waals surface area contributed by atoms with Crippen LogP contribution in [0, 0.1) is 0 Å². The third-order valence-electron chi connectivity index (χ3n) is 4.21. The molecule has 1 saturated carbocycles. The highest BCUT2D eigenvalue weighted by Gasteiger charge is 2.24. The van der Waals surface area contributed by atoms with Crippen LogP contribution in [0.2, 0.25) is 0 Å². The van der Waals surface area contributed by atoms with Gasteiger partial charge in [0, 0.05) is 18.7 Å². The number of hydrogen-bond donors (Lipinski definition) is 2. The SMILES string of the molecule is CCCNC1CCC(NC(=O)CC2CCCO2)CC1. The van der Waals surface area contributed by atoms with E-state index in [4.69, 9.17) is 4.74 Å². The molecule has 2 aliphatic rings. The first-order valence-corrected chi connectivity index (χ1v) is 7.92. The van der Waals surface area contributed by atoms with Crippen LogP contribution in [0.1, 0.15) is 58.3 Å². The molecule has 2 fully saturated rings. The molecule has 1 aliphatic carbocycles. The molecule has 1 amide bonds. The molecular weight excluding hydrogens is 240 g/mol. The lowest BCUT2D eigenvalue weighted by Gasteiger charge is -2.30. The van der Waals surface area contributed by atoms with Gasteiger partial charge in [-0.25, -0.2) is 0 Å². The first-order valence-electron chi connectivity index (χ1n) is 7.92. The van der Waals surface area contributed by atoms with Gasteiger partial charge in [0.15, 0.2) is 0 Å². The van der Waals surface area contributed by atoms with Crippen molar-refractivity contribution in [2.45, 2.75) is 76.5 Å². The summed E-state index contributed by atoms with van der Waals surface area (Å²) >= 11 is 0. The van der Waals surface area contributed by atoms with Crippen LogP contribution in [0.5, 0.6) is 0 Å². The Morgan fingerprint density at radius 3 is 2.53 bits per heavy atom. The zero-order valence-electron chi connectivity index (χ0n) is 12.1. The zero-order chi connectivity index (χ0) is 13.5. The van der Waals surface area contributed by atoms with Crippen LogP contribution < -0.4 is 10.6 Å². The molecule has 0 aromatic carbocycles. The second kappa shape index (κ2) is 7.85. The van der Waals surface area contributed by atoms with Crippen molar-refractivity contribution >= 4 is 5.91 Å². The number of carbonyl (C=O) groups is 1. The molecule has 19 heavy (non-hydrogen) atoms. The second-order valence-corrected chi connectivity index (χ2v) is 5.91. The summed E-state index contributed by atoms with van der Waals surface area (Å²) in [5.41, 5.74) is 0. The lowest BCUT2D eigenvalue weighted by molar-refractivity contribution is -0.124. The van der Waals surface area contributed by atoms with Crippen LogP contribution in [-0.2, 0) is 9.53 Å². The summed E-state index contributed by atoms with van der Waals surface area (Å²) in [6.07, 6.45) is 8.65.